The Balaban J connectivity index is 2.19. The van der Waals surface area contributed by atoms with Crippen molar-refractivity contribution in [2.75, 3.05) is 11.9 Å². The molecule has 1 aliphatic carbocycles. The van der Waals surface area contributed by atoms with E-state index >= 15 is 0 Å². The molecule has 0 spiro atoms. The second-order valence-electron chi connectivity index (χ2n) is 8.00. The van der Waals surface area contributed by atoms with Crippen LogP contribution >= 0.6 is 15.9 Å². The Morgan fingerprint density at radius 1 is 1.42 bits per heavy atom. The van der Waals surface area contributed by atoms with Crippen molar-refractivity contribution < 1.29 is 9.53 Å². The van der Waals surface area contributed by atoms with E-state index in [0.717, 1.165) is 11.1 Å². The lowest BCUT2D eigenvalue weighted by atomic mass is 9.58. The van der Waals surface area contributed by atoms with Gasteiger partial charge in [0.25, 0.3) is 5.56 Å². The van der Waals surface area contributed by atoms with Crippen LogP contribution in [0.1, 0.15) is 48.0 Å². The molecule has 0 bridgehead atoms. The fourth-order valence-electron chi connectivity index (χ4n) is 3.77. The molecule has 1 N–H and O–H groups in total. The summed E-state index contributed by atoms with van der Waals surface area (Å²) in [7, 11) is 0. The molecule has 6 nitrogen and oxygen atoms in total. The summed E-state index contributed by atoms with van der Waals surface area (Å²) in [5.74, 6) is 1.12. The number of halogens is 1. The largest absolute Gasteiger partial charge is 0.465 e. The normalized spacial score (nSPS) is 27.8. The van der Waals surface area contributed by atoms with Gasteiger partial charge in [0.1, 0.15) is 11.0 Å². The Labute approximate surface area is 163 Å². The highest BCUT2D eigenvalue weighted by Gasteiger charge is 2.43. The molecule has 0 amide bonds. The molecule has 0 saturated heterocycles. The molecule has 146 valence electrons. The first-order chi connectivity index (χ1) is 12.1. The Hall–Kier alpha value is -1.37. The van der Waals surface area contributed by atoms with Gasteiger partial charge < -0.3 is 10.1 Å². The highest BCUT2D eigenvalue weighted by molar-refractivity contribution is 9.10. The number of nitrogens with zero attached hydrogens (tertiary/aromatic N) is 2. The second-order valence-corrected chi connectivity index (χ2v) is 8.79. The van der Waals surface area contributed by atoms with Gasteiger partial charge in [-0.25, -0.2) is 4.68 Å². The first-order valence-corrected chi connectivity index (χ1v) is 10.1. The predicted octanol–water partition coefficient (Wildman–Crippen LogP) is 3.69. The zero-order valence-corrected chi connectivity index (χ0v) is 18.1. The van der Waals surface area contributed by atoms with Gasteiger partial charge in [-0.3, -0.25) is 9.59 Å². The maximum Gasteiger partial charge on any atom is 0.327 e. The first-order valence-electron chi connectivity index (χ1n) is 9.27. The van der Waals surface area contributed by atoms with Gasteiger partial charge in [-0.15, -0.1) is 0 Å². The molecular formula is C19H30BrN3O3. The van der Waals surface area contributed by atoms with Crippen LogP contribution in [0.15, 0.2) is 15.5 Å². The smallest absolute Gasteiger partial charge is 0.327 e. The summed E-state index contributed by atoms with van der Waals surface area (Å²) >= 11 is 3.37. The summed E-state index contributed by atoms with van der Waals surface area (Å²) in [6.07, 6.45) is 2.64. The molecule has 1 aromatic rings. The van der Waals surface area contributed by atoms with E-state index in [1.54, 1.807) is 13.1 Å². The highest BCUT2D eigenvalue weighted by atomic mass is 79.9. The van der Waals surface area contributed by atoms with Crippen LogP contribution in [0.5, 0.6) is 0 Å². The average Bonchev–Trinajstić information content (AvgIpc) is 2.58. The van der Waals surface area contributed by atoms with Crippen LogP contribution in [0, 0.1) is 23.2 Å². The summed E-state index contributed by atoms with van der Waals surface area (Å²) in [5.41, 5.74) is 0.620. The molecule has 0 aromatic carbocycles. The molecule has 4 atom stereocenters. The van der Waals surface area contributed by atoms with E-state index in [9.17, 15) is 9.59 Å². The molecule has 26 heavy (non-hydrogen) atoms. The zero-order valence-electron chi connectivity index (χ0n) is 16.5. The van der Waals surface area contributed by atoms with Gasteiger partial charge in [0.2, 0.25) is 0 Å². The Bertz CT molecular complexity index is 716. The third kappa shape index (κ3) is 4.13. The lowest BCUT2D eigenvalue weighted by molar-refractivity contribution is -0.144. The minimum Gasteiger partial charge on any atom is -0.465 e. The maximum atomic E-state index is 12.5. The van der Waals surface area contributed by atoms with Crippen molar-refractivity contribution in [1.29, 1.82) is 0 Å². The standard InChI is InChI=1S/C19H30BrN3O3/c1-7-26-16(24)10-23-18(25)17(20)15(9-21-23)22-14-8-11(2)19(5,6)13(4)12(14)3/h9,11-14,22H,7-8,10H2,1-6H3/t11-,12+,13+,14+/m0/s1. The van der Waals surface area contributed by atoms with E-state index in [-0.39, 0.29) is 30.2 Å². The van der Waals surface area contributed by atoms with Crippen molar-refractivity contribution in [2.45, 2.75) is 60.5 Å². The zero-order chi connectivity index (χ0) is 19.6. The number of ether oxygens (including phenoxy) is 1. The molecule has 0 aliphatic heterocycles. The number of esters is 1. The topological polar surface area (TPSA) is 73.2 Å². The summed E-state index contributed by atoms with van der Waals surface area (Å²) in [4.78, 5) is 24.1. The van der Waals surface area contributed by atoms with Crippen LogP contribution in [0.2, 0.25) is 0 Å². The number of hydrogen-bond acceptors (Lipinski definition) is 5. The average molecular weight is 428 g/mol. The van der Waals surface area contributed by atoms with Gasteiger partial charge in [-0.2, -0.15) is 5.10 Å². The molecule has 2 rings (SSSR count). The van der Waals surface area contributed by atoms with Crippen molar-refractivity contribution in [3.8, 4) is 0 Å². The molecule has 1 aromatic heterocycles. The third-order valence-electron chi connectivity index (χ3n) is 6.38. The Kier molecular flexibility index (Phi) is 6.53. The second kappa shape index (κ2) is 8.11. The molecule has 1 saturated carbocycles. The van der Waals surface area contributed by atoms with Gasteiger partial charge in [0.15, 0.2) is 0 Å². The fourth-order valence-corrected chi connectivity index (χ4v) is 4.19. The van der Waals surface area contributed by atoms with Crippen LogP contribution in [-0.2, 0) is 16.1 Å². The van der Waals surface area contributed by atoms with Crippen LogP contribution in [0.3, 0.4) is 0 Å². The minimum absolute atomic E-state index is 0.187. The lowest BCUT2D eigenvalue weighted by Crippen LogP contribution is -2.48. The van der Waals surface area contributed by atoms with Gasteiger partial charge in [-0.1, -0.05) is 34.6 Å². The molecule has 1 heterocycles. The van der Waals surface area contributed by atoms with Crippen LogP contribution < -0.4 is 10.9 Å². The van der Waals surface area contributed by atoms with Gasteiger partial charge in [-0.05, 0) is 52.4 Å². The molecule has 1 aliphatic rings. The summed E-state index contributed by atoms with van der Waals surface area (Å²) < 4.78 is 6.39. The van der Waals surface area contributed by atoms with Crippen molar-refractivity contribution in [2.24, 2.45) is 23.2 Å². The van der Waals surface area contributed by atoms with E-state index in [4.69, 9.17) is 4.74 Å². The molecule has 0 radical (unpaired) electrons. The molecule has 0 unspecified atom stereocenters. The van der Waals surface area contributed by atoms with Crippen molar-refractivity contribution in [1.82, 2.24) is 9.78 Å². The number of aromatic nitrogens is 2. The molecular weight excluding hydrogens is 398 g/mol. The van der Waals surface area contributed by atoms with E-state index < -0.39 is 5.97 Å². The van der Waals surface area contributed by atoms with E-state index in [2.05, 4.69) is 61.0 Å². The predicted molar refractivity (Wildman–Crippen MR) is 106 cm³/mol. The molecule has 1 fully saturated rings. The van der Waals surface area contributed by atoms with Gasteiger partial charge in [0.05, 0.1) is 18.5 Å². The van der Waals surface area contributed by atoms with E-state index in [1.165, 1.54) is 0 Å². The number of nitrogens with one attached hydrogen (secondary N) is 1. The quantitative estimate of drug-likeness (QED) is 0.725. The van der Waals surface area contributed by atoms with Gasteiger partial charge in [0, 0.05) is 6.04 Å². The third-order valence-corrected chi connectivity index (χ3v) is 7.15. The van der Waals surface area contributed by atoms with Crippen molar-refractivity contribution >= 4 is 27.6 Å². The number of hydrogen-bond donors (Lipinski definition) is 1. The monoisotopic (exact) mass is 427 g/mol. The van der Waals surface area contributed by atoms with Crippen molar-refractivity contribution in [3.05, 3.63) is 21.0 Å². The van der Waals surface area contributed by atoms with Crippen LogP contribution in [0.25, 0.3) is 0 Å². The number of rotatable bonds is 5. The minimum atomic E-state index is -0.472. The van der Waals surface area contributed by atoms with E-state index in [0.29, 0.717) is 27.9 Å². The summed E-state index contributed by atoms with van der Waals surface area (Å²) in [6, 6.07) is 0.270. The molecule has 7 heteroatoms. The SMILES string of the molecule is CCOC(=O)Cn1ncc(N[C@@H]2C[C@H](C)C(C)(C)[C@H](C)[C@H]2C)c(Br)c1=O. The van der Waals surface area contributed by atoms with Crippen LogP contribution in [-0.4, -0.2) is 28.4 Å². The Morgan fingerprint density at radius 3 is 2.69 bits per heavy atom. The van der Waals surface area contributed by atoms with Gasteiger partial charge >= 0.3 is 5.97 Å². The fraction of sp³-hybridized carbons (Fsp3) is 0.737. The highest BCUT2D eigenvalue weighted by Crippen LogP contribution is 2.48. The number of carbonyl (C=O) groups excluding carboxylic acids is 1. The summed E-state index contributed by atoms with van der Waals surface area (Å²) in [6.45, 7) is 13.4. The number of carbonyl (C=O) groups is 1. The number of anilines is 1. The Morgan fingerprint density at radius 2 is 2.08 bits per heavy atom. The van der Waals surface area contributed by atoms with Crippen molar-refractivity contribution in [3.63, 3.8) is 0 Å². The summed E-state index contributed by atoms with van der Waals surface area (Å²) in [5, 5.41) is 7.63. The van der Waals surface area contributed by atoms with Crippen LogP contribution in [0.4, 0.5) is 5.69 Å². The maximum absolute atomic E-state index is 12.5. The first kappa shape index (κ1) is 20.9. The lowest BCUT2D eigenvalue weighted by Gasteiger charge is -2.50. The van der Waals surface area contributed by atoms with E-state index in [1.807, 2.05) is 0 Å².